The standard InChI is InChI=1S/C27H26N4O2S/c1-3-19-11-13-21(14-12-19)31-25(32)23-16-22(24-10-7-15-34-24)29-30(23)18-27(31,2)26(33)28-17-20-8-5-4-6-9-20/h4-16H,3,17-18H2,1-2H3,(H,28,33)/t27-/m0/s1. The Labute approximate surface area is 202 Å². The van der Waals surface area contributed by atoms with Crippen LogP contribution in [0.3, 0.4) is 0 Å². The number of aryl methyl sites for hydroxylation is 1. The second-order valence-corrected chi connectivity index (χ2v) is 9.60. The molecule has 5 rings (SSSR count). The Kier molecular flexibility index (Phi) is 5.79. The van der Waals surface area contributed by atoms with Crippen molar-refractivity contribution in [2.24, 2.45) is 0 Å². The van der Waals surface area contributed by atoms with Gasteiger partial charge in [0.2, 0.25) is 5.91 Å². The van der Waals surface area contributed by atoms with Crippen molar-refractivity contribution >= 4 is 28.8 Å². The zero-order valence-corrected chi connectivity index (χ0v) is 20.0. The molecule has 0 fully saturated rings. The Morgan fingerprint density at radius 2 is 1.82 bits per heavy atom. The van der Waals surface area contributed by atoms with Crippen LogP contribution in [0.15, 0.2) is 78.2 Å². The number of carbonyl (C=O) groups excluding carboxylic acids is 2. The average Bonchev–Trinajstić information content (AvgIpc) is 3.54. The first-order valence-corrected chi connectivity index (χ1v) is 12.2. The van der Waals surface area contributed by atoms with Crippen LogP contribution in [0.5, 0.6) is 0 Å². The van der Waals surface area contributed by atoms with Crippen molar-refractivity contribution in [2.45, 2.75) is 38.9 Å². The van der Waals surface area contributed by atoms with Crippen LogP contribution in [0.4, 0.5) is 5.69 Å². The first kappa shape index (κ1) is 22.1. The molecular formula is C27H26N4O2S. The molecule has 0 saturated heterocycles. The fourth-order valence-corrected chi connectivity index (χ4v) is 5.06. The van der Waals surface area contributed by atoms with Gasteiger partial charge in [0.1, 0.15) is 16.9 Å². The van der Waals surface area contributed by atoms with Crippen molar-refractivity contribution in [1.82, 2.24) is 15.1 Å². The lowest BCUT2D eigenvalue weighted by molar-refractivity contribution is -0.126. The number of carbonyl (C=O) groups is 2. The maximum Gasteiger partial charge on any atom is 0.277 e. The molecule has 2 aromatic carbocycles. The van der Waals surface area contributed by atoms with E-state index in [9.17, 15) is 9.59 Å². The Morgan fingerprint density at radius 3 is 2.50 bits per heavy atom. The second kappa shape index (κ2) is 8.91. The summed E-state index contributed by atoms with van der Waals surface area (Å²) >= 11 is 1.57. The van der Waals surface area contributed by atoms with Crippen LogP contribution in [0, 0.1) is 0 Å². The minimum atomic E-state index is -1.15. The van der Waals surface area contributed by atoms with E-state index in [2.05, 4.69) is 12.2 Å². The summed E-state index contributed by atoms with van der Waals surface area (Å²) in [7, 11) is 0. The molecule has 7 heteroatoms. The molecule has 0 aliphatic carbocycles. The number of rotatable bonds is 6. The van der Waals surface area contributed by atoms with Crippen LogP contribution < -0.4 is 10.2 Å². The largest absolute Gasteiger partial charge is 0.350 e. The van der Waals surface area contributed by atoms with Gasteiger partial charge in [0.05, 0.1) is 11.4 Å². The monoisotopic (exact) mass is 470 g/mol. The topological polar surface area (TPSA) is 67.2 Å². The lowest BCUT2D eigenvalue weighted by atomic mass is 9.93. The molecule has 172 valence electrons. The van der Waals surface area contributed by atoms with Gasteiger partial charge in [0.15, 0.2) is 0 Å². The summed E-state index contributed by atoms with van der Waals surface area (Å²) in [5.41, 5.74) is 2.95. The van der Waals surface area contributed by atoms with Crippen molar-refractivity contribution in [1.29, 1.82) is 0 Å². The van der Waals surface area contributed by atoms with Gasteiger partial charge >= 0.3 is 0 Å². The molecule has 2 amide bonds. The van der Waals surface area contributed by atoms with E-state index in [4.69, 9.17) is 5.10 Å². The van der Waals surface area contributed by atoms with Gasteiger partial charge in [-0.05, 0) is 54.1 Å². The summed E-state index contributed by atoms with van der Waals surface area (Å²) in [6, 6.07) is 23.4. The molecule has 0 saturated carbocycles. The highest BCUT2D eigenvalue weighted by atomic mass is 32.1. The summed E-state index contributed by atoms with van der Waals surface area (Å²) in [6.45, 7) is 4.55. The fraction of sp³-hybridized carbons (Fsp3) is 0.222. The Hall–Kier alpha value is -3.71. The molecule has 4 aromatic rings. The van der Waals surface area contributed by atoms with Gasteiger partial charge in [0, 0.05) is 12.2 Å². The molecule has 3 heterocycles. The number of amides is 2. The van der Waals surface area contributed by atoms with Gasteiger partial charge in [-0.2, -0.15) is 5.10 Å². The molecule has 6 nitrogen and oxygen atoms in total. The molecule has 1 atom stereocenters. The van der Waals surface area contributed by atoms with Crippen molar-refractivity contribution in [2.75, 3.05) is 4.90 Å². The summed E-state index contributed by atoms with van der Waals surface area (Å²) in [5, 5.41) is 9.72. The maximum atomic E-state index is 13.8. The lowest BCUT2D eigenvalue weighted by Gasteiger charge is -2.43. The summed E-state index contributed by atoms with van der Waals surface area (Å²) in [6.07, 6.45) is 0.903. The number of benzene rings is 2. The number of fused-ring (bicyclic) bond motifs is 1. The van der Waals surface area contributed by atoms with Crippen molar-refractivity contribution in [3.8, 4) is 10.6 Å². The van der Waals surface area contributed by atoms with Crippen LogP contribution in [0.25, 0.3) is 10.6 Å². The predicted octanol–water partition coefficient (Wildman–Crippen LogP) is 4.91. The van der Waals surface area contributed by atoms with E-state index in [1.807, 2.05) is 85.1 Å². The normalized spacial score (nSPS) is 17.5. The smallest absolute Gasteiger partial charge is 0.277 e. The molecule has 1 aliphatic heterocycles. The van der Waals surface area contributed by atoms with Gasteiger partial charge in [-0.1, -0.05) is 55.5 Å². The maximum absolute atomic E-state index is 13.8. The highest BCUT2D eigenvalue weighted by Gasteiger charge is 2.48. The Morgan fingerprint density at radius 1 is 1.06 bits per heavy atom. The van der Waals surface area contributed by atoms with E-state index in [1.54, 1.807) is 20.9 Å². The van der Waals surface area contributed by atoms with Gasteiger partial charge in [-0.3, -0.25) is 19.2 Å². The quantitative estimate of drug-likeness (QED) is 0.435. The van der Waals surface area contributed by atoms with E-state index in [1.165, 1.54) is 5.56 Å². The Balaban J connectivity index is 1.54. The molecular weight excluding hydrogens is 444 g/mol. The van der Waals surface area contributed by atoms with Gasteiger partial charge < -0.3 is 5.32 Å². The number of thiophene rings is 1. The molecule has 0 bridgehead atoms. The molecule has 34 heavy (non-hydrogen) atoms. The van der Waals surface area contributed by atoms with E-state index in [0.717, 1.165) is 22.6 Å². The number of hydrogen-bond acceptors (Lipinski definition) is 4. The Bertz CT molecular complexity index is 1310. The fourth-order valence-electron chi connectivity index (χ4n) is 4.38. The number of nitrogens with zero attached hydrogens (tertiary/aromatic N) is 3. The van der Waals surface area contributed by atoms with Crippen LogP contribution in [0.2, 0.25) is 0 Å². The number of anilines is 1. The van der Waals surface area contributed by atoms with Crippen molar-refractivity contribution in [3.05, 3.63) is 95.0 Å². The molecule has 0 radical (unpaired) electrons. The zero-order chi connectivity index (χ0) is 23.7. The highest BCUT2D eigenvalue weighted by Crippen LogP contribution is 2.35. The number of aromatic nitrogens is 2. The van der Waals surface area contributed by atoms with E-state index < -0.39 is 5.54 Å². The summed E-state index contributed by atoms with van der Waals surface area (Å²) in [4.78, 5) is 30.1. The SMILES string of the molecule is CCc1ccc(N2C(=O)c3cc(-c4cccs4)nn3C[C@@]2(C)C(=O)NCc2ccccc2)cc1. The van der Waals surface area contributed by atoms with Crippen molar-refractivity contribution < 1.29 is 9.59 Å². The summed E-state index contributed by atoms with van der Waals surface area (Å²) < 4.78 is 1.68. The van der Waals surface area contributed by atoms with E-state index in [0.29, 0.717) is 17.9 Å². The molecule has 1 aliphatic rings. The van der Waals surface area contributed by atoms with Gasteiger partial charge in [0.25, 0.3) is 5.91 Å². The lowest BCUT2D eigenvalue weighted by Crippen LogP contribution is -2.64. The van der Waals surface area contributed by atoms with Crippen LogP contribution in [-0.2, 0) is 24.3 Å². The van der Waals surface area contributed by atoms with E-state index in [-0.39, 0.29) is 18.4 Å². The van der Waals surface area contributed by atoms with Crippen molar-refractivity contribution in [3.63, 3.8) is 0 Å². The molecule has 0 unspecified atom stereocenters. The summed E-state index contributed by atoms with van der Waals surface area (Å²) in [5.74, 6) is -0.453. The number of hydrogen-bond donors (Lipinski definition) is 1. The van der Waals surface area contributed by atoms with E-state index >= 15 is 0 Å². The molecule has 2 aromatic heterocycles. The molecule has 0 spiro atoms. The third-order valence-electron chi connectivity index (χ3n) is 6.31. The number of nitrogens with one attached hydrogen (secondary N) is 1. The van der Waals surface area contributed by atoms with Crippen LogP contribution >= 0.6 is 11.3 Å². The third kappa shape index (κ3) is 3.92. The first-order chi connectivity index (χ1) is 16.5. The minimum Gasteiger partial charge on any atom is -0.350 e. The second-order valence-electron chi connectivity index (χ2n) is 8.65. The zero-order valence-electron chi connectivity index (χ0n) is 19.2. The highest BCUT2D eigenvalue weighted by molar-refractivity contribution is 7.13. The van der Waals surface area contributed by atoms with Gasteiger partial charge in [-0.15, -0.1) is 11.3 Å². The first-order valence-electron chi connectivity index (χ1n) is 11.4. The minimum absolute atomic E-state index is 0.219. The third-order valence-corrected chi connectivity index (χ3v) is 7.21. The predicted molar refractivity (Wildman–Crippen MR) is 135 cm³/mol. The van der Waals surface area contributed by atoms with Crippen LogP contribution in [0.1, 0.15) is 35.5 Å². The van der Waals surface area contributed by atoms with Gasteiger partial charge in [-0.25, -0.2) is 0 Å². The molecule has 1 N–H and O–H groups in total. The van der Waals surface area contributed by atoms with Crippen LogP contribution in [-0.4, -0.2) is 27.1 Å². The average molecular weight is 471 g/mol.